The normalized spacial score (nSPS) is 12.2. The summed E-state index contributed by atoms with van der Waals surface area (Å²) in [5.41, 5.74) is 0.287. The summed E-state index contributed by atoms with van der Waals surface area (Å²) >= 11 is 5.62. The van der Waals surface area contributed by atoms with Crippen LogP contribution in [0.2, 0.25) is 5.02 Å². The van der Waals surface area contributed by atoms with Gasteiger partial charge < -0.3 is 10.4 Å². The van der Waals surface area contributed by atoms with Crippen LogP contribution in [-0.4, -0.2) is 28.6 Å². The van der Waals surface area contributed by atoms with Crippen LogP contribution in [0, 0.1) is 0 Å². The van der Waals surface area contributed by atoms with Crippen molar-refractivity contribution in [3.8, 4) is 0 Å². The van der Waals surface area contributed by atoms with Crippen LogP contribution >= 0.6 is 11.6 Å². The van der Waals surface area contributed by atoms with Crippen molar-refractivity contribution in [1.29, 1.82) is 0 Å². The van der Waals surface area contributed by atoms with Crippen molar-refractivity contribution >= 4 is 17.5 Å². The van der Waals surface area contributed by atoms with E-state index in [2.05, 4.69) is 10.3 Å². The van der Waals surface area contributed by atoms with E-state index in [1.165, 1.54) is 12.3 Å². The maximum absolute atomic E-state index is 11.4. The van der Waals surface area contributed by atoms with Gasteiger partial charge in [-0.25, -0.2) is 4.98 Å². The number of amides is 1. The standard InChI is InChI=1S/C9H11ClN2O2/c1-6(5-13)12-9(14)8-3-2-7(10)4-11-8/h2-4,6,13H,5H2,1H3,(H,12,14)/t6-/m0/s1. The highest BCUT2D eigenvalue weighted by Gasteiger charge is 2.09. The number of nitrogens with zero attached hydrogens (tertiary/aromatic N) is 1. The first-order chi connectivity index (χ1) is 6.63. The predicted molar refractivity (Wildman–Crippen MR) is 53.3 cm³/mol. The number of pyridine rings is 1. The van der Waals surface area contributed by atoms with Crippen molar-refractivity contribution in [1.82, 2.24) is 10.3 Å². The van der Waals surface area contributed by atoms with E-state index >= 15 is 0 Å². The van der Waals surface area contributed by atoms with Gasteiger partial charge in [0.15, 0.2) is 0 Å². The molecule has 14 heavy (non-hydrogen) atoms. The molecule has 76 valence electrons. The molecule has 0 aliphatic rings. The second-order valence-electron chi connectivity index (χ2n) is 2.92. The largest absolute Gasteiger partial charge is 0.394 e. The third kappa shape index (κ3) is 2.97. The van der Waals surface area contributed by atoms with Crippen LogP contribution in [-0.2, 0) is 0 Å². The number of aliphatic hydroxyl groups excluding tert-OH is 1. The lowest BCUT2D eigenvalue weighted by Gasteiger charge is -2.09. The molecule has 0 aromatic carbocycles. The Bertz CT molecular complexity index is 313. The Hall–Kier alpha value is -1.13. The summed E-state index contributed by atoms with van der Waals surface area (Å²) in [4.78, 5) is 15.2. The van der Waals surface area contributed by atoms with Gasteiger partial charge in [0.05, 0.1) is 11.6 Å². The average molecular weight is 215 g/mol. The molecule has 1 rings (SSSR count). The summed E-state index contributed by atoms with van der Waals surface area (Å²) in [6.07, 6.45) is 1.40. The summed E-state index contributed by atoms with van der Waals surface area (Å²) in [7, 11) is 0. The number of nitrogens with one attached hydrogen (secondary N) is 1. The first-order valence-electron chi connectivity index (χ1n) is 4.16. The average Bonchev–Trinajstić information content (AvgIpc) is 2.18. The maximum atomic E-state index is 11.4. The summed E-state index contributed by atoms with van der Waals surface area (Å²) in [6, 6.07) is 2.84. The van der Waals surface area contributed by atoms with E-state index in [0.717, 1.165) is 0 Å². The lowest BCUT2D eigenvalue weighted by molar-refractivity contribution is 0.0917. The lowest BCUT2D eigenvalue weighted by Crippen LogP contribution is -2.35. The minimum atomic E-state index is -0.316. The topological polar surface area (TPSA) is 62.2 Å². The molecule has 1 atom stereocenters. The second-order valence-corrected chi connectivity index (χ2v) is 3.36. The Morgan fingerprint density at radius 3 is 2.93 bits per heavy atom. The molecule has 1 aromatic heterocycles. The molecule has 0 spiro atoms. The molecule has 0 unspecified atom stereocenters. The van der Waals surface area contributed by atoms with E-state index in [1.807, 2.05) is 0 Å². The Balaban J connectivity index is 2.65. The molecule has 4 nitrogen and oxygen atoms in total. The minimum absolute atomic E-state index is 0.0979. The fourth-order valence-corrected chi connectivity index (χ4v) is 0.965. The number of hydrogen-bond donors (Lipinski definition) is 2. The summed E-state index contributed by atoms with van der Waals surface area (Å²) in [5, 5.41) is 11.8. The van der Waals surface area contributed by atoms with E-state index in [1.54, 1.807) is 13.0 Å². The molecule has 0 saturated heterocycles. The van der Waals surface area contributed by atoms with Gasteiger partial charge in [-0.2, -0.15) is 0 Å². The first-order valence-corrected chi connectivity index (χ1v) is 4.54. The van der Waals surface area contributed by atoms with Gasteiger partial charge in [-0.1, -0.05) is 11.6 Å². The van der Waals surface area contributed by atoms with Crippen molar-refractivity contribution in [3.63, 3.8) is 0 Å². The quantitative estimate of drug-likeness (QED) is 0.784. The zero-order valence-corrected chi connectivity index (χ0v) is 8.45. The van der Waals surface area contributed by atoms with Gasteiger partial charge in [0.2, 0.25) is 0 Å². The van der Waals surface area contributed by atoms with Crippen molar-refractivity contribution in [3.05, 3.63) is 29.0 Å². The lowest BCUT2D eigenvalue weighted by atomic mass is 10.3. The van der Waals surface area contributed by atoms with Crippen molar-refractivity contribution in [2.75, 3.05) is 6.61 Å². The molecular formula is C9H11ClN2O2. The Kier molecular flexibility index (Phi) is 3.85. The smallest absolute Gasteiger partial charge is 0.270 e. The predicted octanol–water partition coefficient (Wildman–Crippen LogP) is 0.846. The van der Waals surface area contributed by atoms with Crippen LogP contribution in [0.25, 0.3) is 0 Å². The molecule has 5 heteroatoms. The van der Waals surface area contributed by atoms with E-state index in [9.17, 15) is 4.79 Å². The number of halogens is 1. The highest BCUT2D eigenvalue weighted by atomic mass is 35.5. The summed E-state index contributed by atoms with van der Waals surface area (Å²) in [5.74, 6) is -0.316. The minimum Gasteiger partial charge on any atom is -0.394 e. The number of rotatable bonds is 3. The van der Waals surface area contributed by atoms with Crippen molar-refractivity contribution in [2.45, 2.75) is 13.0 Å². The van der Waals surface area contributed by atoms with Crippen LogP contribution in [0.5, 0.6) is 0 Å². The highest BCUT2D eigenvalue weighted by Crippen LogP contribution is 2.05. The van der Waals surface area contributed by atoms with Crippen LogP contribution in [0.4, 0.5) is 0 Å². The Labute approximate surface area is 86.9 Å². The van der Waals surface area contributed by atoms with E-state index in [0.29, 0.717) is 5.02 Å². The molecule has 0 radical (unpaired) electrons. The van der Waals surface area contributed by atoms with Gasteiger partial charge in [0.25, 0.3) is 5.91 Å². The monoisotopic (exact) mass is 214 g/mol. The number of aliphatic hydroxyl groups is 1. The molecule has 1 aromatic rings. The Morgan fingerprint density at radius 2 is 2.43 bits per heavy atom. The van der Waals surface area contributed by atoms with Crippen molar-refractivity contribution < 1.29 is 9.90 Å². The number of hydrogen-bond acceptors (Lipinski definition) is 3. The Morgan fingerprint density at radius 1 is 1.71 bits per heavy atom. The molecular weight excluding hydrogens is 204 g/mol. The van der Waals surface area contributed by atoms with Gasteiger partial charge in [-0.3, -0.25) is 4.79 Å². The second kappa shape index (κ2) is 4.93. The molecule has 0 bridgehead atoms. The number of carbonyl (C=O) groups excluding carboxylic acids is 1. The zero-order valence-electron chi connectivity index (χ0n) is 7.70. The zero-order chi connectivity index (χ0) is 10.6. The highest BCUT2D eigenvalue weighted by molar-refractivity contribution is 6.30. The SMILES string of the molecule is C[C@@H](CO)NC(=O)c1ccc(Cl)cn1. The maximum Gasteiger partial charge on any atom is 0.270 e. The number of carbonyl (C=O) groups is 1. The molecule has 1 amide bonds. The van der Waals surface area contributed by atoms with Gasteiger partial charge in [-0.05, 0) is 19.1 Å². The van der Waals surface area contributed by atoms with E-state index in [-0.39, 0.29) is 24.2 Å². The summed E-state index contributed by atoms with van der Waals surface area (Å²) < 4.78 is 0. The van der Waals surface area contributed by atoms with Gasteiger partial charge in [0, 0.05) is 12.2 Å². The number of aromatic nitrogens is 1. The van der Waals surface area contributed by atoms with E-state index < -0.39 is 0 Å². The van der Waals surface area contributed by atoms with Crippen molar-refractivity contribution in [2.24, 2.45) is 0 Å². The molecule has 0 saturated carbocycles. The fourth-order valence-electron chi connectivity index (χ4n) is 0.854. The molecule has 0 fully saturated rings. The molecule has 0 aliphatic heterocycles. The van der Waals surface area contributed by atoms with Gasteiger partial charge in [0.1, 0.15) is 5.69 Å². The van der Waals surface area contributed by atoms with Crippen LogP contribution in [0.3, 0.4) is 0 Å². The van der Waals surface area contributed by atoms with Gasteiger partial charge >= 0.3 is 0 Å². The third-order valence-corrected chi connectivity index (χ3v) is 1.83. The fraction of sp³-hybridized carbons (Fsp3) is 0.333. The van der Waals surface area contributed by atoms with E-state index in [4.69, 9.17) is 16.7 Å². The molecule has 1 heterocycles. The van der Waals surface area contributed by atoms with Crippen LogP contribution < -0.4 is 5.32 Å². The molecule has 0 aliphatic carbocycles. The summed E-state index contributed by atoms with van der Waals surface area (Å²) in [6.45, 7) is 1.60. The van der Waals surface area contributed by atoms with Gasteiger partial charge in [-0.15, -0.1) is 0 Å². The molecule has 2 N–H and O–H groups in total. The first kappa shape index (κ1) is 10.9. The van der Waals surface area contributed by atoms with Crippen LogP contribution in [0.15, 0.2) is 18.3 Å². The van der Waals surface area contributed by atoms with Crippen LogP contribution in [0.1, 0.15) is 17.4 Å². The third-order valence-electron chi connectivity index (χ3n) is 1.61.